The van der Waals surface area contributed by atoms with Gasteiger partial charge in [0, 0.05) is 25.2 Å². The molecule has 0 atom stereocenters. The van der Waals surface area contributed by atoms with Crippen molar-refractivity contribution < 1.29 is 19.7 Å². The summed E-state index contributed by atoms with van der Waals surface area (Å²) in [5.74, 6) is -1.20. The second kappa shape index (κ2) is 11.4. The third-order valence-corrected chi connectivity index (χ3v) is 3.97. The number of aryl methyl sites for hydroxylation is 2. The molecule has 0 aliphatic carbocycles. The second-order valence-corrected chi connectivity index (χ2v) is 5.79. The zero-order valence-corrected chi connectivity index (χ0v) is 15.8. The largest absolute Gasteiger partial charge is 0.477 e. The van der Waals surface area contributed by atoms with E-state index in [0.717, 1.165) is 36.8 Å². The summed E-state index contributed by atoms with van der Waals surface area (Å²) in [5.41, 5.74) is 1.11. The standard InChI is InChI=1S/C18H23NO5.C2H6/c1-19-12-15(18(22)23)17(21)14-11-13(6-7-16(14)19)5-3-2-4-9-24-10-8-20;1-2/h6-7,11-12,20H,2-5,8-10H2,1H3,(H,22,23);1-2H3. The number of pyridine rings is 1. The zero-order chi connectivity index (χ0) is 19.5. The number of ether oxygens (including phenoxy) is 1. The van der Waals surface area contributed by atoms with E-state index in [1.54, 1.807) is 17.7 Å². The van der Waals surface area contributed by atoms with Crippen LogP contribution in [0.2, 0.25) is 0 Å². The van der Waals surface area contributed by atoms with Crippen molar-refractivity contribution in [1.29, 1.82) is 0 Å². The van der Waals surface area contributed by atoms with E-state index in [2.05, 4.69) is 0 Å². The Morgan fingerprint density at radius 3 is 2.54 bits per heavy atom. The molecule has 6 nitrogen and oxygen atoms in total. The molecule has 0 saturated carbocycles. The molecule has 1 heterocycles. The minimum absolute atomic E-state index is 0.0460. The summed E-state index contributed by atoms with van der Waals surface area (Å²) in [7, 11) is 1.74. The Hall–Kier alpha value is -2.18. The van der Waals surface area contributed by atoms with Gasteiger partial charge in [-0.3, -0.25) is 4.79 Å². The van der Waals surface area contributed by atoms with Crippen molar-refractivity contribution in [3.8, 4) is 0 Å². The third-order valence-electron chi connectivity index (χ3n) is 3.97. The van der Waals surface area contributed by atoms with Gasteiger partial charge in [0.2, 0.25) is 5.43 Å². The van der Waals surface area contributed by atoms with Gasteiger partial charge < -0.3 is 19.5 Å². The molecule has 2 N–H and O–H groups in total. The van der Waals surface area contributed by atoms with Crippen molar-refractivity contribution in [3.05, 3.63) is 45.7 Å². The minimum Gasteiger partial charge on any atom is -0.477 e. The predicted molar refractivity (Wildman–Crippen MR) is 103 cm³/mol. The number of fused-ring (bicyclic) bond motifs is 1. The Morgan fingerprint density at radius 2 is 1.88 bits per heavy atom. The molecule has 0 saturated heterocycles. The lowest BCUT2D eigenvalue weighted by Crippen LogP contribution is -2.18. The van der Waals surface area contributed by atoms with E-state index in [9.17, 15) is 9.59 Å². The van der Waals surface area contributed by atoms with Crippen LogP contribution in [0.5, 0.6) is 0 Å². The number of unbranched alkanes of at least 4 members (excludes halogenated alkanes) is 2. The Morgan fingerprint density at radius 1 is 1.15 bits per heavy atom. The number of hydrogen-bond acceptors (Lipinski definition) is 4. The SMILES string of the molecule is CC.Cn1cc(C(=O)O)c(=O)c2cc(CCCCCOCCO)ccc21. The molecule has 1 aromatic heterocycles. The van der Waals surface area contributed by atoms with Crippen LogP contribution in [0, 0.1) is 0 Å². The van der Waals surface area contributed by atoms with E-state index < -0.39 is 11.4 Å². The number of carboxylic acid groups (broad SMARTS) is 1. The van der Waals surface area contributed by atoms with E-state index in [1.165, 1.54) is 6.20 Å². The van der Waals surface area contributed by atoms with Gasteiger partial charge in [0.15, 0.2) is 0 Å². The quantitative estimate of drug-likeness (QED) is 0.669. The Kier molecular flexibility index (Phi) is 9.62. The molecular weight excluding hydrogens is 334 g/mol. The number of aliphatic hydroxyl groups is 1. The van der Waals surface area contributed by atoms with Gasteiger partial charge in [0.25, 0.3) is 0 Å². The van der Waals surface area contributed by atoms with Crippen LogP contribution in [0.3, 0.4) is 0 Å². The van der Waals surface area contributed by atoms with E-state index in [-0.39, 0.29) is 12.2 Å². The molecule has 0 radical (unpaired) electrons. The van der Waals surface area contributed by atoms with E-state index >= 15 is 0 Å². The van der Waals surface area contributed by atoms with Gasteiger partial charge in [-0.1, -0.05) is 26.3 Å². The summed E-state index contributed by atoms with van der Waals surface area (Å²) >= 11 is 0. The first-order valence-corrected chi connectivity index (χ1v) is 9.08. The summed E-state index contributed by atoms with van der Waals surface area (Å²) < 4.78 is 6.88. The van der Waals surface area contributed by atoms with Gasteiger partial charge in [0.05, 0.1) is 18.7 Å². The maximum absolute atomic E-state index is 12.3. The average molecular weight is 363 g/mol. The number of benzene rings is 1. The average Bonchev–Trinajstić information content (AvgIpc) is 2.65. The van der Waals surface area contributed by atoms with Crippen molar-refractivity contribution in [1.82, 2.24) is 4.57 Å². The summed E-state index contributed by atoms with van der Waals surface area (Å²) in [6.45, 7) is 5.06. The van der Waals surface area contributed by atoms with Gasteiger partial charge in [-0.25, -0.2) is 4.79 Å². The van der Waals surface area contributed by atoms with Crippen LogP contribution < -0.4 is 5.43 Å². The van der Waals surface area contributed by atoms with E-state index in [1.807, 2.05) is 26.0 Å². The molecule has 0 bridgehead atoms. The van der Waals surface area contributed by atoms with Crippen molar-refractivity contribution in [2.75, 3.05) is 19.8 Å². The molecule has 2 aromatic rings. The monoisotopic (exact) mass is 363 g/mol. The third kappa shape index (κ3) is 5.97. The number of carbonyl (C=O) groups is 1. The lowest BCUT2D eigenvalue weighted by Gasteiger charge is -2.09. The van der Waals surface area contributed by atoms with Crippen molar-refractivity contribution in [2.24, 2.45) is 7.05 Å². The number of aliphatic hydroxyl groups excluding tert-OH is 1. The number of aromatic nitrogens is 1. The maximum atomic E-state index is 12.3. The Balaban J connectivity index is 0.00000163. The molecule has 1 aromatic carbocycles. The first-order chi connectivity index (χ1) is 12.5. The molecule has 0 spiro atoms. The fraction of sp³-hybridized carbons (Fsp3) is 0.500. The maximum Gasteiger partial charge on any atom is 0.341 e. The number of carboxylic acids is 1. The summed E-state index contributed by atoms with van der Waals surface area (Å²) in [4.78, 5) is 23.5. The van der Waals surface area contributed by atoms with Crippen molar-refractivity contribution in [2.45, 2.75) is 39.5 Å². The Labute approximate surface area is 154 Å². The molecule has 0 amide bonds. The molecule has 0 unspecified atom stereocenters. The zero-order valence-electron chi connectivity index (χ0n) is 15.8. The number of hydrogen-bond donors (Lipinski definition) is 2. The molecule has 0 fully saturated rings. The van der Waals surface area contributed by atoms with E-state index in [4.69, 9.17) is 14.9 Å². The van der Waals surface area contributed by atoms with Crippen molar-refractivity contribution >= 4 is 16.9 Å². The lowest BCUT2D eigenvalue weighted by molar-refractivity contribution is 0.0695. The van der Waals surface area contributed by atoms with Crippen LogP contribution in [0.1, 0.15) is 49.0 Å². The first kappa shape index (κ1) is 21.9. The first-order valence-electron chi connectivity index (χ1n) is 9.08. The number of aromatic carboxylic acids is 1. The topological polar surface area (TPSA) is 88.8 Å². The minimum atomic E-state index is -1.20. The lowest BCUT2D eigenvalue weighted by atomic mass is 10.0. The molecular formula is C20H29NO5. The molecule has 6 heteroatoms. The summed E-state index contributed by atoms with van der Waals surface area (Å²) in [6.07, 6.45) is 5.08. The highest BCUT2D eigenvalue weighted by molar-refractivity contribution is 5.92. The van der Waals surface area contributed by atoms with Crippen LogP contribution in [0.4, 0.5) is 0 Å². The highest BCUT2D eigenvalue weighted by atomic mass is 16.5. The van der Waals surface area contributed by atoms with Gasteiger partial charge >= 0.3 is 5.97 Å². The van der Waals surface area contributed by atoms with Gasteiger partial charge in [0.1, 0.15) is 5.56 Å². The summed E-state index contributed by atoms with van der Waals surface area (Å²) in [5, 5.41) is 18.2. The van der Waals surface area contributed by atoms with Crippen molar-refractivity contribution in [3.63, 3.8) is 0 Å². The highest BCUT2D eigenvalue weighted by Crippen LogP contribution is 2.15. The Bertz CT molecular complexity index is 767. The molecule has 0 aliphatic heterocycles. The van der Waals surface area contributed by atoms with Crippen LogP contribution in [0.25, 0.3) is 10.9 Å². The fourth-order valence-electron chi connectivity index (χ4n) is 2.72. The molecule has 144 valence electrons. The molecule has 0 aliphatic rings. The van der Waals surface area contributed by atoms with Crippen LogP contribution >= 0.6 is 0 Å². The van der Waals surface area contributed by atoms with Gasteiger partial charge in [-0.2, -0.15) is 0 Å². The van der Waals surface area contributed by atoms with E-state index in [0.29, 0.717) is 18.6 Å². The smallest absolute Gasteiger partial charge is 0.341 e. The van der Waals surface area contributed by atoms with Crippen LogP contribution in [-0.4, -0.2) is 40.6 Å². The molecule has 26 heavy (non-hydrogen) atoms. The predicted octanol–water partition coefficient (Wildman–Crippen LogP) is 2.98. The summed E-state index contributed by atoms with van der Waals surface area (Å²) in [6, 6.07) is 5.64. The van der Waals surface area contributed by atoms with Gasteiger partial charge in [-0.15, -0.1) is 0 Å². The van der Waals surface area contributed by atoms with Crippen LogP contribution in [0.15, 0.2) is 29.2 Å². The number of rotatable bonds is 9. The fourth-order valence-corrected chi connectivity index (χ4v) is 2.72. The molecule has 2 rings (SSSR count). The van der Waals surface area contributed by atoms with Gasteiger partial charge in [-0.05, 0) is 37.0 Å². The van der Waals surface area contributed by atoms with Crippen LogP contribution in [-0.2, 0) is 18.2 Å². The highest BCUT2D eigenvalue weighted by Gasteiger charge is 2.13. The normalized spacial score (nSPS) is 10.5. The number of nitrogens with zero attached hydrogens (tertiary/aromatic N) is 1. The second-order valence-electron chi connectivity index (χ2n) is 5.79.